The molecule has 0 aromatic heterocycles. The summed E-state index contributed by atoms with van der Waals surface area (Å²) in [4.78, 5) is 13.5. The molecule has 1 fully saturated rings. The van der Waals surface area contributed by atoms with Crippen molar-refractivity contribution < 1.29 is 19.7 Å². The molecule has 1 saturated heterocycles. The smallest absolute Gasteiger partial charge is 0.310 e. The van der Waals surface area contributed by atoms with Gasteiger partial charge in [0.2, 0.25) is 0 Å². The SMILES string of the molecule is COc1ccc(CN2CCCC(C)(C(=O)O)C2)cc1O. The molecule has 20 heavy (non-hydrogen) atoms. The van der Waals surface area contributed by atoms with Gasteiger partial charge in [0.25, 0.3) is 0 Å². The lowest BCUT2D eigenvalue weighted by Crippen LogP contribution is -2.45. The van der Waals surface area contributed by atoms with Crippen molar-refractivity contribution in [2.75, 3.05) is 20.2 Å². The molecule has 0 amide bonds. The number of hydrogen-bond donors (Lipinski definition) is 2. The Kier molecular flexibility index (Phi) is 4.18. The Morgan fingerprint density at radius 3 is 2.85 bits per heavy atom. The van der Waals surface area contributed by atoms with E-state index in [4.69, 9.17) is 4.74 Å². The number of methoxy groups -OCH3 is 1. The van der Waals surface area contributed by atoms with Crippen LogP contribution < -0.4 is 4.74 Å². The summed E-state index contributed by atoms with van der Waals surface area (Å²) in [7, 11) is 1.51. The first kappa shape index (κ1) is 14.7. The highest BCUT2D eigenvalue weighted by Gasteiger charge is 2.37. The van der Waals surface area contributed by atoms with Crippen molar-refractivity contribution in [3.63, 3.8) is 0 Å². The highest BCUT2D eigenvalue weighted by atomic mass is 16.5. The molecule has 2 N–H and O–H groups in total. The minimum Gasteiger partial charge on any atom is -0.504 e. The molecular weight excluding hydrogens is 258 g/mol. The number of carboxylic acids is 1. The average Bonchev–Trinajstić information content (AvgIpc) is 2.39. The first-order valence-electron chi connectivity index (χ1n) is 6.76. The molecule has 1 aliphatic heterocycles. The van der Waals surface area contributed by atoms with E-state index in [2.05, 4.69) is 4.90 Å². The van der Waals surface area contributed by atoms with Crippen molar-refractivity contribution in [1.82, 2.24) is 4.90 Å². The van der Waals surface area contributed by atoms with Crippen LogP contribution in [0.15, 0.2) is 18.2 Å². The number of carbonyl (C=O) groups is 1. The van der Waals surface area contributed by atoms with Gasteiger partial charge in [-0.15, -0.1) is 0 Å². The van der Waals surface area contributed by atoms with Crippen LogP contribution in [0.4, 0.5) is 0 Å². The first-order valence-corrected chi connectivity index (χ1v) is 6.76. The summed E-state index contributed by atoms with van der Waals surface area (Å²) in [5.41, 5.74) is 0.283. The summed E-state index contributed by atoms with van der Waals surface area (Å²) < 4.78 is 5.01. The minimum absolute atomic E-state index is 0.114. The van der Waals surface area contributed by atoms with Gasteiger partial charge < -0.3 is 14.9 Å². The molecule has 5 nitrogen and oxygen atoms in total. The molecule has 0 saturated carbocycles. The fourth-order valence-electron chi connectivity index (χ4n) is 2.75. The number of piperidine rings is 1. The van der Waals surface area contributed by atoms with Crippen LogP contribution in [0.3, 0.4) is 0 Å². The molecule has 1 aromatic rings. The predicted octanol–water partition coefficient (Wildman–Crippen LogP) is 2.09. The lowest BCUT2D eigenvalue weighted by atomic mass is 9.82. The zero-order valence-electron chi connectivity index (χ0n) is 11.9. The lowest BCUT2D eigenvalue weighted by Gasteiger charge is -2.37. The van der Waals surface area contributed by atoms with Crippen molar-refractivity contribution in [1.29, 1.82) is 0 Å². The van der Waals surface area contributed by atoms with Crippen molar-refractivity contribution in [3.05, 3.63) is 23.8 Å². The van der Waals surface area contributed by atoms with Gasteiger partial charge in [-0.25, -0.2) is 0 Å². The number of aromatic hydroxyl groups is 1. The Morgan fingerprint density at radius 2 is 2.25 bits per heavy atom. The monoisotopic (exact) mass is 279 g/mol. The zero-order valence-corrected chi connectivity index (χ0v) is 11.9. The molecule has 1 aliphatic rings. The van der Waals surface area contributed by atoms with E-state index in [1.807, 2.05) is 6.07 Å². The third-order valence-corrected chi connectivity index (χ3v) is 3.94. The van der Waals surface area contributed by atoms with Crippen molar-refractivity contribution in [3.8, 4) is 11.5 Å². The molecule has 1 atom stereocenters. The van der Waals surface area contributed by atoms with Gasteiger partial charge in [-0.1, -0.05) is 6.07 Å². The van der Waals surface area contributed by atoms with Crippen molar-refractivity contribution in [2.24, 2.45) is 5.41 Å². The van der Waals surface area contributed by atoms with Gasteiger partial charge in [0.05, 0.1) is 12.5 Å². The van der Waals surface area contributed by atoms with Crippen LogP contribution in [0.1, 0.15) is 25.3 Å². The Balaban J connectivity index is 2.06. The predicted molar refractivity (Wildman–Crippen MR) is 74.9 cm³/mol. The highest BCUT2D eigenvalue weighted by molar-refractivity contribution is 5.74. The fraction of sp³-hybridized carbons (Fsp3) is 0.533. The van der Waals surface area contributed by atoms with Crippen LogP contribution in [0.5, 0.6) is 11.5 Å². The van der Waals surface area contributed by atoms with E-state index in [9.17, 15) is 15.0 Å². The third-order valence-electron chi connectivity index (χ3n) is 3.94. The molecule has 110 valence electrons. The Morgan fingerprint density at radius 1 is 1.50 bits per heavy atom. The largest absolute Gasteiger partial charge is 0.504 e. The molecular formula is C15H21NO4. The van der Waals surface area contributed by atoms with Gasteiger partial charge in [0.15, 0.2) is 11.5 Å². The minimum atomic E-state index is -0.736. The van der Waals surface area contributed by atoms with Crippen molar-refractivity contribution in [2.45, 2.75) is 26.3 Å². The third kappa shape index (κ3) is 3.04. The maximum atomic E-state index is 11.3. The van der Waals surface area contributed by atoms with Crippen LogP contribution >= 0.6 is 0 Å². The molecule has 1 aromatic carbocycles. The number of aliphatic carboxylic acids is 1. The van der Waals surface area contributed by atoms with Gasteiger partial charge in [-0.05, 0) is 44.0 Å². The van der Waals surface area contributed by atoms with E-state index >= 15 is 0 Å². The van der Waals surface area contributed by atoms with Gasteiger partial charge >= 0.3 is 5.97 Å². The number of likely N-dealkylation sites (tertiary alicyclic amines) is 1. The number of phenolic OH excluding ortho intramolecular Hbond substituents is 1. The standard InChI is InChI=1S/C15H21NO4/c1-15(14(18)19)6-3-7-16(10-15)9-11-4-5-13(20-2)12(17)8-11/h4-5,8,17H,3,6-7,9-10H2,1-2H3,(H,18,19). The number of carboxylic acid groups (broad SMARTS) is 1. The second-order valence-corrected chi connectivity index (χ2v) is 5.69. The summed E-state index contributed by atoms with van der Waals surface area (Å²) in [5.74, 6) is -0.175. The number of nitrogens with zero attached hydrogens (tertiary/aromatic N) is 1. The summed E-state index contributed by atoms with van der Waals surface area (Å²) >= 11 is 0. The Bertz CT molecular complexity index is 503. The lowest BCUT2D eigenvalue weighted by molar-refractivity contribution is -0.151. The van der Waals surface area contributed by atoms with E-state index in [0.717, 1.165) is 18.5 Å². The fourth-order valence-corrected chi connectivity index (χ4v) is 2.75. The summed E-state index contributed by atoms with van der Waals surface area (Å²) in [6.45, 7) is 3.86. The quantitative estimate of drug-likeness (QED) is 0.883. The molecule has 2 rings (SSSR count). The molecule has 0 bridgehead atoms. The normalized spacial score (nSPS) is 23.5. The first-order chi connectivity index (χ1) is 9.44. The van der Waals surface area contributed by atoms with Gasteiger partial charge in [-0.3, -0.25) is 9.69 Å². The molecule has 0 spiro atoms. The van der Waals surface area contributed by atoms with E-state index in [1.54, 1.807) is 19.1 Å². The van der Waals surface area contributed by atoms with Crippen LogP contribution in [-0.4, -0.2) is 41.3 Å². The van der Waals surface area contributed by atoms with Gasteiger partial charge in [0, 0.05) is 13.1 Å². The van der Waals surface area contributed by atoms with Crippen LogP contribution in [0.25, 0.3) is 0 Å². The average molecular weight is 279 g/mol. The molecule has 5 heteroatoms. The number of phenols is 1. The van der Waals surface area contributed by atoms with E-state index < -0.39 is 11.4 Å². The molecule has 1 unspecified atom stereocenters. The number of ether oxygens (including phenoxy) is 1. The van der Waals surface area contributed by atoms with E-state index in [1.165, 1.54) is 7.11 Å². The topological polar surface area (TPSA) is 70.0 Å². The second kappa shape index (κ2) is 5.71. The van der Waals surface area contributed by atoms with Gasteiger partial charge in [-0.2, -0.15) is 0 Å². The highest BCUT2D eigenvalue weighted by Crippen LogP contribution is 2.32. The number of benzene rings is 1. The summed E-state index contributed by atoms with van der Waals surface area (Å²) in [6.07, 6.45) is 1.59. The Labute approximate surface area is 118 Å². The summed E-state index contributed by atoms with van der Waals surface area (Å²) in [5, 5.41) is 19.1. The molecule has 1 heterocycles. The number of hydrogen-bond acceptors (Lipinski definition) is 4. The maximum absolute atomic E-state index is 11.3. The van der Waals surface area contributed by atoms with Gasteiger partial charge in [0.1, 0.15) is 0 Å². The summed E-state index contributed by atoms with van der Waals surface area (Å²) in [6, 6.07) is 5.29. The van der Waals surface area contributed by atoms with Crippen LogP contribution in [-0.2, 0) is 11.3 Å². The molecule has 0 radical (unpaired) electrons. The van der Waals surface area contributed by atoms with Crippen molar-refractivity contribution >= 4 is 5.97 Å². The van der Waals surface area contributed by atoms with E-state index in [0.29, 0.717) is 25.3 Å². The molecule has 0 aliphatic carbocycles. The zero-order chi connectivity index (χ0) is 14.8. The maximum Gasteiger partial charge on any atom is 0.310 e. The second-order valence-electron chi connectivity index (χ2n) is 5.69. The van der Waals surface area contributed by atoms with Crippen LogP contribution in [0, 0.1) is 5.41 Å². The number of rotatable bonds is 4. The van der Waals surface area contributed by atoms with E-state index in [-0.39, 0.29) is 5.75 Å². The van der Waals surface area contributed by atoms with Crippen LogP contribution in [0.2, 0.25) is 0 Å². The Hall–Kier alpha value is -1.75.